The number of benzene rings is 1. The van der Waals surface area contributed by atoms with Gasteiger partial charge in [-0.25, -0.2) is 0 Å². The zero-order chi connectivity index (χ0) is 9.42. The fourth-order valence-corrected chi connectivity index (χ4v) is 1.78. The molecule has 68 valence electrons. The first-order valence-corrected chi connectivity index (χ1v) is 4.33. The lowest BCUT2D eigenvalue weighted by molar-refractivity contribution is 0.0970. The molecule has 1 aromatic carbocycles. The van der Waals surface area contributed by atoms with Gasteiger partial charge in [-0.15, -0.1) is 0 Å². The van der Waals surface area contributed by atoms with Crippen molar-refractivity contribution in [3.63, 3.8) is 0 Å². The number of phenols is 1. The van der Waals surface area contributed by atoms with Gasteiger partial charge in [0, 0.05) is 12.1 Å². The molecule has 2 rings (SSSR count). The summed E-state index contributed by atoms with van der Waals surface area (Å²) in [6, 6.07) is 3.13. The Hall–Kier alpha value is -1.51. The fraction of sp³-hybridized carbons (Fsp3) is 0.300. The molecular formula is C10H11NO2. The van der Waals surface area contributed by atoms with E-state index in [4.69, 9.17) is 5.73 Å². The monoisotopic (exact) mass is 177 g/mol. The van der Waals surface area contributed by atoms with E-state index in [-0.39, 0.29) is 11.5 Å². The van der Waals surface area contributed by atoms with Crippen LogP contribution < -0.4 is 5.73 Å². The summed E-state index contributed by atoms with van der Waals surface area (Å²) in [7, 11) is 0. The average molecular weight is 177 g/mol. The number of carbonyl (C=O) groups is 1. The maximum atomic E-state index is 11.4. The number of aromatic hydroxyl groups is 1. The van der Waals surface area contributed by atoms with Gasteiger partial charge in [-0.2, -0.15) is 0 Å². The van der Waals surface area contributed by atoms with Gasteiger partial charge in [0.15, 0.2) is 5.78 Å². The molecule has 0 saturated carbocycles. The van der Waals surface area contributed by atoms with Gasteiger partial charge >= 0.3 is 0 Å². The number of phenolic OH excluding ortho intramolecular Hbond substituents is 1. The summed E-state index contributed by atoms with van der Waals surface area (Å²) in [6.07, 6.45) is 2.14. The van der Waals surface area contributed by atoms with E-state index in [1.165, 1.54) is 6.07 Å². The van der Waals surface area contributed by atoms with Gasteiger partial charge in [0.2, 0.25) is 0 Å². The van der Waals surface area contributed by atoms with E-state index in [0.29, 0.717) is 17.7 Å². The molecule has 0 amide bonds. The number of anilines is 1. The number of rotatable bonds is 0. The molecule has 3 nitrogen and oxygen atoms in total. The van der Waals surface area contributed by atoms with Gasteiger partial charge in [0.1, 0.15) is 5.75 Å². The van der Waals surface area contributed by atoms with Crippen molar-refractivity contribution in [2.45, 2.75) is 19.3 Å². The molecular weight excluding hydrogens is 166 g/mol. The molecule has 0 saturated heterocycles. The van der Waals surface area contributed by atoms with Crippen LogP contribution in [0.15, 0.2) is 12.1 Å². The van der Waals surface area contributed by atoms with Crippen molar-refractivity contribution in [1.82, 2.24) is 0 Å². The van der Waals surface area contributed by atoms with E-state index in [1.54, 1.807) is 6.07 Å². The van der Waals surface area contributed by atoms with Gasteiger partial charge in [-0.05, 0) is 30.5 Å². The van der Waals surface area contributed by atoms with Crippen molar-refractivity contribution < 1.29 is 9.90 Å². The highest BCUT2D eigenvalue weighted by molar-refractivity contribution is 6.02. The van der Waals surface area contributed by atoms with Crippen molar-refractivity contribution in [3.05, 3.63) is 23.3 Å². The summed E-state index contributed by atoms with van der Waals surface area (Å²) in [5.41, 5.74) is 7.57. The van der Waals surface area contributed by atoms with Gasteiger partial charge in [-0.1, -0.05) is 0 Å². The molecule has 0 heterocycles. The second kappa shape index (κ2) is 2.76. The molecule has 0 unspecified atom stereocenters. The molecule has 3 N–H and O–H groups in total. The van der Waals surface area contributed by atoms with Crippen LogP contribution in [0.25, 0.3) is 0 Å². The second-order valence-corrected chi connectivity index (χ2v) is 3.30. The quantitative estimate of drug-likeness (QED) is 0.466. The first-order chi connectivity index (χ1) is 6.20. The molecule has 3 heteroatoms. The van der Waals surface area contributed by atoms with Gasteiger partial charge < -0.3 is 10.8 Å². The zero-order valence-corrected chi connectivity index (χ0v) is 7.21. The predicted octanol–water partition coefficient (Wildman–Crippen LogP) is 1.49. The molecule has 0 fully saturated rings. The lowest BCUT2D eigenvalue weighted by atomic mass is 9.89. The lowest BCUT2D eigenvalue weighted by Crippen LogP contribution is -2.12. The Bertz CT molecular complexity index is 371. The highest BCUT2D eigenvalue weighted by Crippen LogP contribution is 2.32. The fourth-order valence-electron chi connectivity index (χ4n) is 1.78. The Morgan fingerprint density at radius 3 is 2.77 bits per heavy atom. The molecule has 1 aliphatic rings. The van der Waals surface area contributed by atoms with Crippen molar-refractivity contribution >= 4 is 11.5 Å². The van der Waals surface area contributed by atoms with Gasteiger partial charge in [0.05, 0.1) is 5.56 Å². The van der Waals surface area contributed by atoms with Crippen LogP contribution in [-0.2, 0) is 6.42 Å². The first-order valence-electron chi connectivity index (χ1n) is 4.33. The van der Waals surface area contributed by atoms with E-state index in [9.17, 15) is 9.90 Å². The van der Waals surface area contributed by atoms with E-state index in [0.717, 1.165) is 18.4 Å². The topological polar surface area (TPSA) is 63.3 Å². The van der Waals surface area contributed by atoms with Crippen molar-refractivity contribution in [3.8, 4) is 5.75 Å². The third-order valence-electron chi connectivity index (χ3n) is 2.44. The van der Waals surface area contributed by atoms with Crippen LogP contribution in [-0.4, -0.2) is 10.9 Å². The smallest absolute Gasteiger partial charge is 0.166 e. The maximum absolute atomic E-state index is 11.4. The minimum absolute atomic E-state index is 0.00560. The van der Waals surface area contributed by atoms with E-state index >= 15 is 0 Å². The average Bonchev–Trinajstić information content (AvgIpc) is 2.12. The van der Waals surface area contributed by atoms with Gasteiger partial charge in [-0.3, -0.25) is 4.79 Å². The SMILES string of the molecule is Nc1ccc(O)c2c1CCCC2=O. The van der Waals surface area contributed by atoms with Crippen LogP contribution in [0.3, 0.4) is 0 Å². The molecule has 1 aliphatic carbocycles. The minimum Gasteiger partial charge on any atom is -0.507 e. The van der Waals surface area contributed by atoms with Crippen molar-refractivity contribution in [1.29, 1.82) is 0 Å². The number of Topliss-reactive ketones (excluding diaryl/α,β-unsaturated/α-hetero) is 1. The van der Waals surface area contributed by atoms with Crippen LogP contribution in [0.2, 0.25) is 0 Å². The van der Waals surface area contributed by atoms with Crippen LogP contribution in [0.1, 0.15) is 28.8 Å². The number of ketones is 1. The number of hydrogen-bond acceptors (Lipinski definition) is 3. The van der Waals surface area contributed by atoms with Crippen LogP contribution >= 0.6 is 0 Å². The van der Waals surface area contributed by atoms with Crippen LogP contribution in [0.5, 0.6) is 5.75 Å². The summed E-state index contributed by atoms with van der Waals surface area (Å²) in [6.45, 7) is 0. The summed E-state index contributed by atoms with van der Waals surface area (Å²) >= 11 is 0. The second-order valence-electron chi connectivity index (χ2n) is 3.30. The zero-order valence-electron chi connectivity index (χ0n) is 7.21. The van der Waals surface area contributed by atoms with E-state index in [2.05, 4.69) is 0 Å². The number of fused-ring (bicyclic) bond motifs is 1. The molecule has 0 bridgehead atoms. The number of carbonyl (C=O) groups excluding carboxylic acids is 1. The first kappa shape index (κ1) is 8.10. The maximum Gasteiger partial charge on any atom is 0.166 e. The number of nitrogen functional groups attached to an aromatic ring is 1. The Morgan fingerprint density at radius 1 is 1.31 bits per heavy atom. The normalized spacial score (nSPS) is 15.5. The molecule has 0 radical (unpaired) electrons. The standard InChI is InChI=1S/C10H11NO2/c11-7-4-5-9(13)10-6(7)2-1-3-8(10)12/h4-5,13H,1-3,11H2. The molecule has 1 aromatic rings. The summed E-state index contributed by atoms with van der Waals surface area (Å²) in [4.78, 5) is 11.4. The molecule has 0 spiro atoms. The minimum atomic E-state index is 0.00560. The third-order valence-corrected chi connectivity index (χ3v) is 2.44. The van der Waals surface area contributed by atoms with E-state index in [1.807, 2.05) is 0 Å². The van der Waals surface area contributed by atoms with E-state index < -0.39 is 0 Å². The summed E-state index contributed by atoms with van der Waals surface area (Å²) < 4.78 is 0. The Balaban J connectivity index is 2.67. The molecule has 0 atom stereocenters. The highest BCUT2D eigenvalue weighted by atomic mass is 16.3. The molecule has 0 aliphatic heterocycles. The summed E-state index contributed by atoms with van der Waals surface area (Å²) in [5.74, 6) is 0.0694. The largest absolute Gasteiger partial charge is 0.507 e. The molecule has 13 heavy (non-hydrogen) atoms. The lowest BCUT2D eigenvalue weighted by Gasteiger charge is -2.17. The summed E-state index contributed by atoms with van der Waals surface area (Å²) in [5, 5.41) is 9.47. The Labute approximate surface area is 76.2 Å². The highest BCUT2D eigenvalue weighted by Gasteiger charge is 2.22. The predicted molar refractivity (Wildman–Crippen MR) is 49.8 cm³/mol. The van der Waals surface area contributed by atoms with Crippen LogP contribution in [0, 0.1) is 0 Å². The number of hydrogen-bond donors (Lipinski definition) is 2. The molecule has 0 aromatic heterocycles. The Kier molecular flexibility index (Phi) is 1.72. The Morgan fingerprint density at radius 2 is 2.08 bits per heavy atom. The number of nitrogens with two attached hydrogens (primary N) is 1. The van der Waals surface area contributed by atoms with Gasteiger partial charge in [0.25, 0.3) is 0 Å². The van der Waals surface area contributed by atoms with Crippen LogP contribution in [0.4, 0.5) is 5.69 Å². The van der Waals surface area contributed by atoms with Crippen molar-refractivity contribution in [2.75, 3.05) is 5.73 Å². The third kappa shape index (κ3) is 1.16. The van der Waals surface area contributed by atoms with Crippen molar-refractivity contribution in [2.24, 2.45) is 0 Å².